The summed E-state index contributed by atoms with van der Waals surface area (Å²) in [6, 6.07) is 13.2. The third-order valence-corrected chi connectivity index (χ3v) is 5.04. The van der Waals surface area contributed by atoms with Crippen LogP contribution >= 0.6 is 11.6 Å². The molecule has 0 bridgehead atoms. The van der Waals surface area contributed by atoms with Gasteiger partial charge in [0, 0.05) is 54.6 Å². The number of likely N-dealkylation sites (N-methyl/N-ethyl adjacent to an activating group) is 1. The van der Waals surface area contributed by atoms with Crippen molar-refractivity contribution >= 4 is 23.2 Å². The second-order valence-corrected chi connectivity index (χ2v) is 6.85. The predicted molar refractivity (Wildman–Crippen MR) is 105 cm³/mol. The van der Waals surface area contributed by atoms with Crippen molar-refractivity contribution in [3.63, 3.8) is 0 Å². The Balaban J connectivity index is 1.62. The molecule has 2 aromatic rings. The highest BCUT2D eigenvalue weighted by molar-refractivity contribution is 6.31. The van der Waals surface area contributed by atoms with Crippen LogP contribution in [0.15, 0.2) is 42.5 Å². The van der Waals surface area contributed by atoms with E-state index in [-0.39, 0.29) is 5.91 Å². The summed E-state index contributed by atoms with van der Waals surface area (Å²) in [4.78, 5) is 16.7. The maximum absolute atomic E-state index is 12.6. The molecular formula is C20H24ClN3O2. The van der Waals surface area contributed by atoms with Gasteiger partial charge in [-0.2, -0.15) is 0 Å². The number of piperazine rings is 1. The number of benzene rings is 2. The second kappa shape index (κ2) is 8.43. The predicted octanol–water partition coefficient (Wildman–Crippen LogP) is 3.35. The molecule has 26 heavy (non-hydrogen) atoms. The monoisotopic (exact) mass is 373 g/mol. The Hall–Kier alpha value is -2.24. The Morgan fingerprint density at radius 2 is 1.81 bits per heavy atom. The number of carbonyl (C=O) groups excluding carboxylic acids is 1. The van der Waals surface area contributed by atoms with Gasteiger partial charge in [0.05, 0.1) is 7.11 Å². The van der Waals surface area contributed by atoms with Gasteiger partial charge < -0.3 is 19.9 Å². The van der Waals surface area contributed by atoms with Crippen molar-refractivity contribution in [2.24, 2.45) is 0 Å². The van der Waals surface area contributed by atoms with E-state index >= 15 is 0 Å². The van der Waals surface area contributed by atoms with Gasteiger partial charge in [0.15, 0.2) is 0 Å². The molecule has 6 heteroatoms. The van der Waals surface area contributed by atoms with Crippen molar-refractivity contribution in [1.29, 1.82) is 0 Å². The molecule has 138 valence electrons. The van der Waals surface area contributed by atoms with Crippen molar-refractivity contribution in [3.05, 3.63) is 58.6 Å². The molecule has 0 aliphatic carbocycles. The molecule has 1 aliphatic heterocycles. The van der Waals surface area contributed by atoms with Crippen LogP contribution in [0.4, 0.5) is 5.69 Å². The summed E-state index contributed by atoms with van der Waals surface area (Å²) in [5.74, 6) is 0.851. The number of hydrogen-bond donors (Lipinski definition) is 1. The van der Waals surface area contributed by atoms with Crippen molar-refractivity contribution in [2.75, 3.05) is 45.7 Å². The fourth-order valence-electron chi connectivity index (χ4n) is 3.01. The number of rotatable bonds is 5. The first-order chi connectivity index (χ1) is 12.6. The second-order valence-electron chi connectivity index (χ2n) is 6.45. The number of halogens is 1. The van der Waals surface area contributed by atoms with Crippen LogP contribution in [0.1, 0.15) is 15.9 Å². The summed E-state index contributed by atoms with van der Waals surface area (Å²) in [5, 5.41) is 4.00. The normalized spacial score (nSPS) is 15.0. The van der Waals surface area contributed by atoms with Crippen LogP contribution in [-0.4, -0.2) is 56.0 Å². The largest absolute Gasteiger partial charge is 0.496 e. The molecule has 1 saturated heterocycles. The zero-order valence-corrected chi connectivity index (χ0v) is 15.9. The zero-order valence-electron chi connectivity index (χ0n) is 15.2. The molecule has 1 N–H and O–H groups in total. The minimum Gasteiger partial charge on any atom is -0.496 e. The first-order valence-corrected chi connectivity index (χ1v) is 9.09. The first-order valence-electron chi connectivity index (χ1n) is 8.71. The fraction of sp³-hybridized carbons (Fsp3) is 0.350. The maximum atomic E-state index is 12.6. The lowest BCUT2D eigenvalue weighted by molar-refractivity contribution is 0.0664. The molecule has 1 heterocycles. The van der Waals surface area contributed by atoms with Crippen LogP contribution in [-0.2, 0) is 6.54 Å². The van der Waals surface area contributed by atoms with Gasteiger partial charge >= 0.3 is 0 Å². The quantitative estimate of drug-likeness (QED) is 0.873. The smallest absolute Gasteiger partial charge is 0.253 e. The van der Waals surface area contributed by atoms with Crippen LogP contribution in [0.2, 0.25) is 5.02 Å². The average molecular weight is 374 g/mol. The first kappa shape index (κ1) is 18.5. The van der Waals surface area contributed by atoms with Crippen LogP contribution in [0.5, 0.6) is 5.75 Å². The van der Waals surface area contributed by atoms with E-state index < -0.39 is 0 Å². The average Bonchev–Trinajstić information content (AvgIpc) is 2.67. The van der Waals surface area contributed by atoms with Crippen molar-refractivity contribution < 1.29 is 9.53 Å². The molecule has 2 aromatic carbocycles. The van der Waals surface area contributed by atoms with Gasteiger partial charge in [-0.25, -0.2) is 0 Å². The minimum absolute atomic E-state index is 0.0948. The Morgan fingerprint density at radius 1 is 1.12 bits per heavy atom. The molecule has 0 saturated carbocycles. The van der Waals surface area contributed by atoms with E-state index in [1.807, 2.05) is 47.4 Å². The molecule has 0 spiro atoms. The van der Waals surface area contributed by atoms with Gasteiger partial charge in [-0.15, -0.1) is 0 Å². The van der Waals surface area contributed by atoms with Crippen LogP contribution in [0, 0.1) is 0 Å². The van der Waals surface area contributed by atoms with Crippen molar-refractivity contribution in [1.82, 2.24) is 9.80 Å². The summed E-state index contributed by atoms with van der Waals surface area (Å²) >= 11 is 6.26. The summed E-state index contributed by atoms with van der Waals surface area (Å²) < 4.78 is 5.36. The Labute approximate surface area is 159 Å². The van der Waals surface area contributed by atoms with Crippen LogP contribution in [0.3, 0.4) is 0 Å². The molecule has 0 atom stereocenters. The SMILES string of the molecule is COc1cccc(Cl)c1CNc1ccc(C(=O)N2CCN(C)CC2)cc1. The van der Waals surface area contributed by atoms with E-state index in [4.69, 9.17) is 16.3 Å². The number of nitrogens with zero attached hydrogens (tertiary/aromatic N) is 2. The molecule has 0 radical (unpaired) electrons. The standard InChI is InChI=1S/C20H24ClN3O2/c1-23-10-12-24(13-11-23)20(25)15-6-8-16(9-7-15)22-14-17-18(21)4-3-5-19(17)26-2/h3-9,22H,10-14H2,1-2H3. The highest BCUT2D eigenvalue weighted by Gasteiger charge is 2.20. The number of ether oxygens (including phenoxy) is 1. The van der Waals surface area contributed by atoms with Crippen molar-refractivity contribution in [2.45, 2.75) is 6.54 Å². The van der Waals surface area contributed by atoms with Gasteiger partial charge in [0.2, 0.25) is 0 Å². The van der Waals surface area contributed by atoms with Crippen LogP contribution < -0.4 is 10.1 Å². The van der Waals surface area contributed by atoms with Gasteiger partial charge in [-0.1, -0.05) is 17.7 Å². The molecule has 0 unspecified atom stereocenters. The van der Waals surface area contributed by atoms with E-state index in [0.29, 0.717) is 11.6 Å². The number of amides is 1. The van der Waals surface area contributed by atoms with E-state index in [1.54, 1.807) is 7.11 Å². The van der Waals surface area contributed by atoms with Gasteiger partial charge in [0.25, 0.3) is 5.91 Å². The highest BCUT2D eigenvalue weighted by Crippen LogP contribution is 2.27. The van der Waals surface area contributed by atoms with Crippen LogP contribution in [0.25, 0.3) is 0 Å². The summed E-state index contributed by atoms with van der Waals surface area (Å²) in [5.41, 5.74) is 2.56. The van der Waals surface area contributed by atoms with Crippen molar-refractivity contribution in [3.8, 4) is 5.75 Å². The van der Waals surface area contributed by atoms with Gasteiger partial charge in [0.1, 0.15) is 5.75 Å². The number of carbonyl (C=O) groups is 1. The number of hydrogen-bond acceptors (Lipinski definition) is 4. The summed E-state index contributed by atoms with van der Waals surface area (Å²) in [6.07, 6.45) is 0. The molecule has 5 nitrogen and oxygen atoms in total. The van der Waals surface area contributed by atoms with Gasteiger partial charge in [-0.3, -0.25) is 4.79 Å². The lowest BCUT2D eigenvalue weighted by Crippen LogP contribution is -2.47. The third-order valence-electron chi connectivity index (χ3n) is 4.69. The molecule has 1 amide bonds. The molecular weight excluding hydrogens is 350 g/mol. The van der Waals surface area contributed by atoms with Gasteiger partial charge in [-0.05, 0) is 43.4 Å². The Kier molecular flexibility index (Phi) is 6.01. The van der Waals surface area contributed by atoms with E-state index in [0.717, 1.165) is 48.7 Å². The number of methoxy groups -OCH3 is 1. The van der Waals surface area contributed by atoms with E-state index in [2.05, 4.69) is 17.3 Å². The lowest BCUT2D eigenvalue weighted by atomic mass is 10.1. The Bertz CT molecular complexity index is 756. The molecule has 0 aromatic heterocycles. The summed E-state index contributed by atoms with van der Waals surface area (Å²) in [7, 11) is 3.71. The number of anilines is 1. The highest BCUT2D eigenvalue weighted by atomic mass is 35.5. The molecule has 3 rings (SSSR count). The van der Waals surface area contributed by atoms with E-state index in [1.165, 1.54) is 0 Å². The van der Waals surface area contributed by atoms with E-state index in [9.17, 15) is 4.79 Å². The maximum Gasteiger partial charge on any atom is 0.253 e. The molecule has 1 aliphatic rings. The fourth-order valence-corrected chi connectivity index (χ4v) is 3.25. The summed E-state index contributed by atoms with van der Waals surface area (Å²) in [6.45, 7) is 3.95. The number of nitrogens with one attached hydrogen (secondary N) is 1. The Morgan fingerprint density at radius 3 is 2.46 bits per heavy atom. The molecule has 1 fully saturated rings. The lowest BCUT2D eigenvalue weighted by Gasteiger charge is -2.32. The topological polar surface area (TPSA) is 44.8 Å². The third kappa shape index (κ3) is 4.29. The minimum atomic E-state index is 0.0948. The zero-order chi connectivity index (χ0) is 18.5.